The van der Waals surface area contributed by atoms with Crippen molar-refractivity contribution in [3.8, 4) is 11.5 Å². The number of benzene rings is 4. The molecule has 0 saturated carbocycles. The second-order valence-corrected chi connectivity index (χ2v) is 11.1. The number of para-hydroxylation sites is 2. The molecule has 1 heterocycles. The van der Waals surface area contributed by atoms with E-state index >= 15 is 0 Å². The number of ketones is 1. The van der Waals surface area contributed by atoms with Crippen LogP contribution in [-0.2, 0) is 11.4 Å². The van der Waals surface area contributed by atoms with Crippen molar-refractivity contribution in [3.63, 3.8) is 0 Å². The Bertz CT molecular complexity index is 1600. The van der Waals surface area contributed by atoms with E-state index in [2.05, 4.69) is 10.6 Å². The standard InChI is InChI=1S/C34H30Cl2N2O3/c1-2-40-32-19-23(11-16-31(32)41-20-21-7-12-25(35)13-8-21)34-33-29(37-27-5-3-4-6-28(27)38-34)17-24(18-30(33)39)22-9-14-26(36)15-10-22/h3-16,19,24,34,37-38H,2,17-18,20H2,1H3/t24-,34+/m0/s1. The first-order valence-electron chi connectivity index (χ1n) is 13.8. The Morgan fingerprint density at radius 3 is 2.20 bits per heavy atom. The van der Waals surface area contributed by atoms with Crippen molar-refractivity contribution in [1.82, 2.24) is 0 Å². The third-order valence-corrected chi connectivity index (χ3v) is 8.06. The first-order valence-corrected chi connectivity index (χ1v) is 14.5. The molecule has 7 heteroatoms. The first-order chi connectivity index (χ1) is 20.0. The van der Waals surface area contributed by atoms with Gasteiger partial charge in [-0.1, -0.05) is 65.7 Å². The molecule has 0 amide bonds. The van der Waals surface area contributed by atoms with Gasteiger partial charge in [-0.3, -0.25) is 4.79 Å². The molecular weight excluding hydrogens is 555 g/mol. The number of carbonyl (C=O) groups is 1. The minimum absolute atomic E-state index is 0.0690. The number of nitrogens with one attached hydrogen (secondary N) is 2. The third-order valence-electron chi connectivity index (χ3n) is 7.56. The van der Waals surface area contributed by atoms with Crippen LogP contribution in [0, 0.1) is 0 Å². The lowest BCUT2D eigenvalue weighted by molar-refractivity contribution is -0.116. The molecule has 0 radical (unpaired) electrons. The highest BCUT2D eigenvalue weighted by molar-refractivity contribution is 6.30. The Morgan fingerprint density at radius 2 is 1.46 bits per heavy atom. The minimum Gasteiger partial charge on any atom is -0.490 e. The van der Waals surface area contributed by atoms with Crippen molar-refractivity contribution in [2.45, 2.75) is 38.3 Å². The van der Waals surface area contributed by atoms with Gasteiger partial charge < -0.3 is 20.1 Å². The highest BCUT2D eigenvalue weighted by Crippen LogP contribution is 2.45. The van der Waals surface area contributed by atoms with E-state index in [4.69, 9.17) is 32.7 Å². The van der Waals surface area contributed by atoms with Crippen LogP contribution in [-0.4, -0.2) is 12.4 Å². The maximum atomic E-state index is 13.9. The molecule has 41 heavy (non-hydrogen) atoms. The van der Waals surface area contributed by atoms with E-state index in [-0.39, 0.29) is 17.7 Å². The van der Waals surface area contributed by atoms with Crippen LogP contribution < -0.4 is 20.1 Å². The molecule has 6 rings (SSSR count). The van der Waals surface area contributed by atoms with Crippen molar-refractivity contribution in [3.05, 3.63) is 129 Å². The van der Waals surface area contributed by atoms with Gasteiger partial charge in [0.1, 0.15) is 6.61 Å². The average Bonchev–Trinajstić information content (AvgIpc) is 3.15. The van der Waals surface area contributed by atoms with Gasteiger partial charge in [-0.2, -0.15) is 0 Å². The van der Waals surface area contributed by atoms with E-state index in [0.717, 1.165) is 45.8 Å². The van der Waals surface area contributed by atoms with E-state index in [0.29, 0.717) is 41.2 Å². The molecule has 0 saturated heterocycles. The Balaban J connectivity index is 1.36. The third kappa shape index (κ3) is 5.92. The summed E-state index contributed by atoms with van der Waals surface area (Å²) in [5.74, 6) is 1.46. The molecule has 4 aromatic carbocycles. The molecule has 0 aromatic heterocycles. The van der Waals surface area contributed by atoms with E-state index in [1.54, 1.807) is 0 Å². The number of carbonyl (C=O) groups excluding carboxylic acids is 1. The van der Waals surface area contributed by atoms with Gasteiger partial charge in [-0.05, 0) is 84.5 Å². The molecule has 0 spiro atoms. The maximum Gasteiger partial charge on any atom is 0.163 e. The van der Waals surface area contributed by atoms with Crippen molar-refractivity contribution in [2.75, 3.05) is 17.2 Å². The summed E-state index contributed by atoms with van der Waals surface area (Å²) in [5.41, 5.74) is 6.61. The van der Waals surface area contributed by atoms with Crippen molar-refractivity contribution < 1.29 is 14.3 Å². The van der Waals surface area contributed by atoms with Crippen molar-refractivity contribution >= 4 is 40.4 Å². The van der Waals surface area contributed by atoms with Gasteiger partial charge in [-0.25, -0.2) is 0 Å². The van der Waals surface area contributed by atoms with Gasteiger partial charge in [0.25, 0.3) is 0 Å². The Morgan fingerprint density at radius 1 is 0.780 bits per heavy atom. The molecule has 5 nitrogen and oxygen atoms in total. The molecule has 0 fully saturated rings. The van der Waals surface area contributed by atoms with Crippen LogP contribution in [0.2, 0.25) is 10.0 Å². The van der Waals surface area contributed by atoms with Crippen LogP contribution in [0.1, 0.15) is 48.4 Å². The predicted octanol–water partition coefficient (Wildman–Crippen LogP) is 8.95. The second-order valence-electron chi connectivity index (χ2n) is 10.3. The molecule has 0 unspecified atom stereocenters. The molecule has 0 bridgehead atoms. The van der Waals surface area contributed by atoms with Crippen molar-refractivity contribution in [1.29, 1.82) is 0 Å². The van der Waals surface area contributed by atoms with Crippen LogP contribution in [0.15, 0.2) is 102 Å². The zero-order valence-corrected chi connectivity index (χ0v) is 24.1. The van der Waals surface area contributed by atoms with Crippen molar-refractivity contribution in [2.24, 2.45) is 0 Å². The maximum absolute atomic E-state index is 13.9. The zero-order chi connectivity index (χ0) is 28.3. The number of hydrogen-bond acceptors (Lipinski definition) is 5. The summed E-state index contributed by atoms with van der Waals surface area (Å²) in [6.45, 7) is 2.82. The Hall–Kier alpha value is -3.93. The fourth-order valence-electron chi connectivity index (χ4n) is 5.55. The molecule has 2 N–H and O–H groups in total. The fourth-order valence-corrected chi connectivity index (χ4v) is 5.80. The normalized spacial score (nSPS) is 18.0. The first kappa shape index (κ1) is 27.3. The van der Waals surface area contributed by atoms with Gasteiger partial charge in [0.2, 0.25) is 0 Å². The molecule has 2 aliphatic rings. The van der Waals surface area contributed by atoms with Crippen LogP contribution in [0.3, 0.4) is 0 Å². The van der Waals surface area contributed by atoms with Gasteiger partial charge in [-0.15, -0.1) is 0 Å². The lowest BCUT2D eigenvalue weighted by atomic mass is 9.78. The van der Waals surface area contributed by atoms with E-state index in [1.807, 2.05) is 97.9 Å². The van der Waals surface area contributed by atoms with E-state index < -0.39 is 0 Å². The summed E-state index contributed by atoms with van der Waals surface area (Å²) < 4.78 is 12.2. The van der Waals surface area contributed by atoms with Gasteiger partial charge in [0, 0.05) is 27.7 Å². The highest BCUT2D eigenvalue weighted by atomic mass is 35.5. The second kappa shape index (κ2) is 11.9. The number of halogens is 2. The number of allylic oxidation sites excluding steroid dienone is 1. The highest BCUT2D eigenvalue weighted by Gasteiger charge is 2.36. The molecule has 1 aliphatic carbocycles. The summed E-state index contributed by atoms with van der Waals surface area (Å²) in [6, 6.07) is 29.0. The fraction of sp³-hybridized carbons (Fsp3) is 0.206. The molecule has 4 aromatic rings. The van der Waals surface area contributed by atoms with Crippen LogP contribution in [0.25, 0.3) is 0 Å². The lowest BCUT2D eigenvalue weighted by Gasteiger charge is -2.30. The number of Topliss-reactive ketones (excluding diaryl/α,β-unsaturated/α-hetero) is 1. The van der Waals surface area contributed by atoms with E-state index in [9.17, 15) is 4.79 Å². The molecule has 2 atom stereocenters. The molecular formula is C34H30Cl2N2O3. The van der Waals surface area contributed by atoms with Gasteiger partial charge in [0.05, 0.1) is 24.0 Å². The van der Waals surface area contributed by atoms with E-state index in [1.165, 1.54) is 0 Å². The van der Waals surface area contributed by atoms with Gasteiger partial charge in [0.15, 0.2) is 17.3 Å². The SMILES string of the molecule is CCOc1cc([C@H]2Nc3ccccc3NC3=C2C(=O)C[C@@H](c2ccc(Cl)cc2)C3)ccc1OCc1ccc(Cl)cc1. The molecule has 1 aliphatic heterocycles. The summed E-state index contributed by atoms with van der Waals surface area (Å²) in [4.78, 5) is 13.9. The predicted molar refractivity (Wildman–Crippen MR) is 165 cm³/mol. The number of fused-ring (bicyclic) bond motifs is 1. The average molecular weight is 586 g/mol. The monoisotopic (exact) mass is 584 g/mol. The Labute approximate surface area is 250 Å². The van der Waals surface area contributed by atoms with Gasteiger partial charge >= 0.3 is 0 Å². The topological polar surface area (TPSA) is 59.6 Å². The number of anilines is 2. The Kier molecular flexibility index (Phi) is 7.91. The number of rotatable bonds is 7. The lowest BCUT2D eigenvalue weighted by Crippen LogP contribution is -2.27. The summed E-state index contributed by atoms with van der Waals surface area (Å²) in [7, 11) is 0. The summed E-state index contributed by atoms with van der Waals surface area (Å²) in [5, 5.41) is 8.63. The number of ether oxygens (including phenoxy) is 2. The van der Waals surface area contributed by atoms with Crippen LogP contribution in [0.4, 0.5) is 11.4 Å². The smallest absolute Gasteiger partial charge is 0.163 e. The quantitative estimate of drug-likeness (QED) is 0.227. The number of hydrogen-bond donors (Lipinski definition) is 2. The van der Waals surface area contributed by atoms with Crippen LogP contribution in [0.5, 0.6) is 11.5 Å². The summed E-state index contributed by atoms with van der Waals surface area (Å²) in [6.07, 6.45) is 1.15. The minimum atomic E-state index is -0.357. The zero-order valence-electron chi connectivity index (χ0n) is 22.6. The largest absolute Gasteiger partial charge is 0.490 e. The van der Waals surface area contributed by atoms with Crippen LogP contribution >= 0.6 is 23.2 Å². The molecule has 208 valence electrons. The summed E-state index contributed by atoms with van der Waals surface area (Å²) >= 11 is 12.2.